The van der Waals surface area contributed by atoms with E-state index in [1.54, 1.807) is 17.4 Å². The summed E-state index contributed by atoms with van der Waals surface area (Å²) in [6.07, 6.45) is 0. The number of hydrogen-bond acceptors (Lipinski definition) is 4. The van der Waals surface area contributed by atoms with E-state index in [4.69, 9.17) is 15.9 Å². The van der Waals surface area contributed by atoms with Gasteiger partial charge in [-0.15, -0.1) is 11.3 Å². The third-order valence-corrected chi connectivity index (χ3v) is 3.67. The summed E-state index contributed by atoms with van der Waals surface area (Å²) in [7, 11) is 0. The molecule has 3 N–H and O–H groups in total. The Morgan fingerprint density at radius 3 is 2.65 bits per heavy atom. The van der Waals surface area contributed by atoms with Gasteiger partial charge in [-0.2, -0.15) is 0 Å². The number of benzene rings is 1. The molecule has 4 nitrogen and oxygen atoms in total. The molecule has 0 unspecified atom stereocenters. The minimum absolute atomic E-state index is 0.00937. The molecule has 0 bridgehead atoms. The number of nitrogens with one attached hydrogen (secondary N) is 1. The molecule has 0 spiro atoms. The Morgan fingerprint density at radius 2 is 2.05 bits per heavy atom. The summed E-state index contributed by atoms with van der Waals surface area (Å²) in [4.78, 5) is 4.58. The van der Waals surface area contributed by atoms with Crippen LogP contribution in [0.15, 0.2) is 29.6 Å². The highest BCUT2D eigenvalue weighted by atomic mass is 32.1. The van der Waals surface area contributed by atoms with Gasteiger partial charge in [0, 0.05) is 10.8 Å². The number of nitrogens with zero attached hydrogens (tertiary/aromatic N) is 1. The fourth-order valence-corrected chi connectivity index (χ4v) is 2.61. The summed E-state index contributed by atoms with van der Waals surface area (Å²) in [5, 5.41) is 10.5. The van der Waals surface area contributed by atoms with E-state index in [1.165, 1.54) is 0 Å². The van der Waals surface area contributed by atoms with Crippen LogP contribution in [0.3, 0.4) is 0 Å². The molecule has 0 saturated carbocycles. The van der Waals surface area contributed by atoms with E-state index < -0.39 is 0 Å². The minimum Gasteiger partial charge on any atom is -0.486 e. The molecule has 5 heteroatoms. The second kappa shape index (κ2) is 5.63. The number of rotatable bonds is 4. The van der Waals surface area contributed by atoms with Crippen molar-refractivity contribution in [2.75, 3.05) is 0 Å². The topological polar surface area (TPSA) is 72.0 Å². The maximum Gasteiger partial charge on any atom is 0.140 e. The molecule has 1 aromatic heterocycles. The lowest BCUT2D eigenvalue weighted by Crippen LogP contribution is -2.13. The third kappa shape index (κ3) is 3.36. The number of hydrogen-bond donors (Lipinski definition) is 2. The van der Waals surface area contributed by atoms with E-state index in [1.807, 2.05) is 18.2 Å². The van der Waals surface area contributed by atoms with E-state index in [9.17, 15) is 0 Å². The van der Waals surface area contributed by atoms with Gasteiger partial charge in [-0.3, -0.25) is 5.41 Å². The van der Waals surface area contributed by atoms with Gasteiger partial charge in [-0.1, -0.05) is 32.9 Å². The fraction of sp³-hybridized carbons (Fsp3) is 0.333. The summed E-state index contributed by atoms with van der Waals surface area (Å²) < 4.78 is 5.74. The molecule has 0 atom stereocenters. The van der Waals surface area contributed by atoms with Gasteiger partial charge < -0.3 is 10.5 Å². The summed E-state index contributed by atoms with van der Waals surface area (Å²) >= 11 is 1.59. The Hall–Kier alpha value is -1.88. The van der Waals surface area contributed by atoms with Crippen molar-refractivity contribution in [3.63, 3.8) is 0 Å². The van der Waals surface area contributed by atoms with E-state index in [0.717, 1.165) is 10.7 Å². The molecule has 20 heavy (non-hydrogen) atoms. The highest BCUT2D eigenvalue weighted by molar-refractivity contribution is 7.09. The quantitative estimate of drug-likeness (QED) is 0.670. The van der Waals surface area contributed by atoms with Crippen LogP contribution in [-0.4, -0.2) is 10.8 Å². The minimum atomic E-state index is 0.00937. The molecule has 0 radical (unpaired) electrons. The van der Waals surface area contributed by atoms with Crippen LogP contribution in [0.1, 0.15) is 37.0 Å². The van der Waals surface area contributed by atoms with Gasteiger partial charge in [0.25, 0.3) is 0 Å². The molecule has 2 rings (SSSR count). The number of amidine groups is 1. The van der Waals surface area contributed by atoms with Crippen LogP contribution >= 0.6 is 11.3 Å². The maximum atomic E-state index is 7.53. The standard InChI is InChI=1S/C15H19N3OS/c1-15(2,3)12-9-20-13(18-12)8-19-11-7-5-4-6-10(11)14(16)17/h4-7,9H,8H2,1-3H3,(H3,16,17). The first kappa shape index (κ1) is 14.5. The SMILES string of the molecule is CC(C)(C)c1csc(COc2ccccc2C(=N)N)n1. The lowest BCUT2D eigenvalue weighted by Gasteiger charge is -2.14. The van der Waals surface area contributed by atoms with Crippen LogP contribution in [0, 0.1) is 5.41 Å². The molecule has 0 saturated heterocycles. The molecular formula is C15H19N3OS. The largest absolute Gasteiger partial charge is 0.486 e. The van der Waals surface area contributed by atoms with Gasteiger partial charge in [0.15, 0.2) is 0 Å². The van der Waals surface area contributed by atoms with Crippen molar-refractivity contribution in [3.05, 3.63) is 45.9 Å². The second-order valence-electron chi connectivity index (χ2n) is 5.57. The van der Waals surface area contributed by atoms with Crippen molar-refractivity contribution in [2.24, 2.45) is 5.73 Å². The number of aromatic nitrogens is 1. The van der Waals surface area contributed by atoms with Gasteiger partial charge in [0.05, 0.1) is 11.3 Å². The summed E-state index contributed by atoms with van der Waals surface area (Å²) in [5.74, 6) is 0.627. The lowest BCUT2D eigenvalue weighted by atomic mass is 9.93. The fourth-order valence-electron chi connectivity index (χ4n) is 1.68. The van der Waals surface area contributed by atoms with E-state index >= 15 is 0 Å². The van der Waals surface area contributed by atoms with E-state index in [0.29, 0.717) is 17.9 Å². The van der Waals surface area contributed by atoms with E-state index in [-0.39, 0.29) is 11.3 Å². The van der Waals surface area contributed by atoms with Crippen LogP contribution in [-0.2, 0) is 12.0 Å². The first-order chi connectivity index (χ1) is 9.38. The van der Waals surface area contributed by atoms with Crippen molar-refractivity contribution in [3.8, 4) is 5.75 Å². The van der Waals surface area contributed by atoms with Crippen LogP contribution in [0.5, 0.6) is 5.75 Å². The first-order valence-electron chi connectivity index (χ1n) is 6.39. The lowest BCUT2D eigenvalue weighted by molar-refractivity contribution is 0.304. The average Bonchev–Trinajstić information content (AvgIpc) is 2.85. The number of nitrogen functional groups attached to an aromatic ring is 1. The summed E-state index contributed by atoms with van der Waals surface area (Å²) in [6.45, 7) is 6.80. The monoisotopic (exact) mass is 289 g/mol. The molecular weight excluding hydrogens is 270 g/mol. The maximum absolute atomic E-state index is 7.53. The highest BCUT2D eigenvalue weighted by Gasteiger charge is 2.17. The molecule has 2 aromatic rings. The number of para-hydroxylation sites is 1. The number of nitrogens with two attached hydrogens (primary N) is 1. The van der Waals surface area contributed by atoms with Crippen molar-refractivity contribution in [1.29, 1.82) is 5.41 Å². The molecule has 106 valence electrons. The zero-order chi connectivity index (χ0) is 14.8. The smallest absolute Gasteiger partial charge is 0.140 e. The molecule has 0 fully saturated rings. The van der Waals surface area contributed by atoms with Gasteiger partial charge in [0.1, 0.15) is 23.2 Å². The van der Waals surface area contributed by atoms with Crippen molar-refractivity contribution >= 4 is 17.2 Å². The first-order valence-corrected chi connectivity index (χ1v) is 7.27. The normalized spacial score (nSPS) is 11.3. The highest BCUT2D eigenvalue weighted by Crippen LogP contribution is 2.25. The average molecular weight is 289 g/mol. The van der Waals surface area contributed by atoms with Crippen LogP contribution in [0.25, 0.3) is 0 Å². The molecule has 0 aliphatic rings. The summed E-state index contributed by atoms with van der Waals surface area (Å²) in [6, 6.07) is 7.30. The van der Waals surface area contributed by atoms with Crippen molar-refractivity contribution in [1.82, 2.24) is 4.98 Å². The van der Waals surface area contributed by atoms with Crippen LogP contribution in [0.2, 0.25) is 0 Å². The van der Waals surface area contributed by atoms with E-state index in [2.05, 4.69) is 31.1 Å². The molecule has 0 aliphatic carbocycles. The number of thiazole rings is 1. The Morgan fingerprint density at radius 1 is 1.35 bits per heavy atom. The predicted molar refractivity (Wildman–Crippen MR) is 82.6 cm³/mol. The van der Waals surface area contributed by atoms with Gasteiger partial charge in [-0.25, -0.2) is 4.98 Å². The molecule has 0 amide bonds. The second-order valence-corrected chi connectivity index (χ2v) is 6.52. The molecule has 1 heterocycles. The molecule has 1 aromatic carbocycles. The predicted octanol–water partition coefficient (Wildman–Crippen LogP) is 3.30. The van der Waals surface area contributed by atoms with Crippen LogP contribution < -0.4 is 10.5 Å². The third-order valence-electron chi connectivity index (χ3n) is 2.85. The Kier molecular flexibility index (Phi) is 4.09. The van der Waals surface area contributed by atoms with Crippen molar-refractivity contribution < 1.29 is 4.74 Å². The number of ether oxygens (including phenoxy) is 1. The Balaban J connectivity index is 2.10. The summed E-state index contributed by atoms with van der Waals surface area (Å²) in [5.41, 5.74) is 7.26. The Bertz CT molecular complexity index is 614. The van der Waals surface area contributed by atoms with Gasteiger partial charge >= 0.3 is 0 Å². The van der Waals surface area contributed by atoms with Gasteiger partial charge in [-0.05, 0) is 12.1 Å². The van der Waals surface area contributed by atoms with Gasteiger partial charge in [0.2, 0.25) is 0 Å². The zero-order valence-corrected chi connectivity index (χ0v) is 12.8. The zero-order valence-electron chi connectivity index (χ0n) is 11.9. The van der Waals surface area contributed by atoms with Crippen LogP contribution in [0.4, 0.5) is 0 Å². The molecule has 0 aliphatic heterocycles. The Labute approximate surface area is 123 Å². The van der Waals surface area contributed by atoms with Crippen molar-refractivity contribution in [2.45, 2.75) is 32.8 Å².